The van der Waals surface area contributed by atoms with Gasteiger partial charge in [-0.25, -0.2) is 4.99 Å². The fourth-order valence-corrected chi connectivity index (χ4v) is 2.46. The standard InChI is InChI=1S/C15H19N3O2S/c1-19-13-4-3-11(7-14(13)20-2)8-17-15(16)18-9-12-5-6-21-10-12/h3-7,10H,8-9H2,1-2H3,(H3,16,17,18). The van der Waals surface area contributed by atoms with E-state index >= 15 is 0 Å². The van der Waals surface area contributed by atoms with Crippen molar-refractivity contribution in [3.63, 3.8) is 0 Å². The summed E-state index contributed by atoms with van der Waals surface area (Å²) < 4.78 is 10.5. The topological polar surface area (TPSA) is 68.9 Å². The zero-order chi connectivity index (χ0) is 15.1. The lowest BCUT2D eigenvalue weighted by Gasteiger charge is -2.10. The molecule has 1 aromatic carbocycles. The predicted molar refractivity (Wildman–Crippen MR) is 86.0 cm³/mol. The number of hydrogen-bond donors (Lipinski definition) is 2. The number of nitrogens with two attached hydrogens (primary N) is 1. The lowest BCUT2D eigenvalue weighted by Crippen LogP contribution is -2.31. The quantitative estimate of drug-likeness (QED) is 0.635. The first-order valence-electron chi connectivity index (χ1n) is 6.48. The van der Waals surface area contributed by atoms with Crippen molar-refractivity contribution in [3.05, 3.63) is 46.2 Å². The Balaban J connectivity index is 1.91. The normalized spacial score (nSPS) is 11.2. The Bertz CT molecular complexity index is 597. The Kier molecular flexibility index (Phi) is 5.45. The average Bonchev–Trinajstić information content (AvgIpc) is 3.04. The van der Waals surface area contributed by atoms with Crippen LogP contribution in [0.2, 0.25) is 0 Å². The van der Waals surface area contributed by atoms with E-state index in [1.165, 1.54) is 0 Å². The van der Waals surface area contributed by atoms with Crippen LogP contribution in [-0.2, 0) is 13.1 Å². The molecule has 0 aliphatic carbocycles. The number of guanidine groups is 1. The molecule has 3 N–H and O–H groups in total. The largest absolute Gasteiger partial charge is 0.493 e. The van der Waals surface area contributed by atoms with Crippen molar-refractivity contribution in [3.8, 4) is 11.5 Å². The molecular formula is C15H19N3O2S. The fourth-order valence-electron chi connectivity index (χ4n) is 1.80. The summed E-state index contributed by atoms with van der Waals surface area (Å²) in [4.78, 5) is 4.29. The number of nitrogens with zero attached hydrogens (tertiary/aromatic N) is 1. The van der Waals surface area contributed by atoms with Gasteiger partial charge in [0.15, 0.2) is 17.5 Å². The van der Waals surface area contributed by atoms with Crippen LogP contribution in [0.4, 0.5) is 0 Å². The number of aliphatic imine (C=N–C) groups is 1. The lowest BCUT2D eigenvalue weighted by molar-refractivity contribution is 0.354. The third-order valence-corrected chi connectivity index (χ3v) is 3.67. The van der Waals surface area contributed by atoms with Crippen LogP contribution in [-0.4, -0.2) is 20.2 Å². The predicted octanol–water partition coefficient (Wildman–Crippen LogP) is 2.37. The van der Waals surface area contributed by atoms with Crippen LogP contribution >= 0.6 is 11.3 Å². The molecule has 0 saturated heterocycles. The molecule has 21 heavy (non-hydrogen) atoms. The molecule has 1 aromatic heterocycles. The lowest BCUT2D eigenvalue weighted by atomic mass is 10.2. The first-order valence-corrected chi connectivity index (χ1v) is 7.43. The highest BCUT2D eigenvalue weighted by molar-refractivity contribution is 7.07. The van der Waals surface area contributed by atoms with Crippen molar-refractivity contribution in [1.29, 1.82) is 0 Å². The third-order valence-electron chi connectivity index (χ3n) is 2.93. The molecule has 6 heteroatoms. The number of nitrogens with one attached hydrogen (secondary N) is 1. The molecular weight excluding hydrogens is 286 g/mol. The molecule has 112 valence electrons. The van der Waals surface area contributed by atoms with Gasteiger partial charge in [0.05, 0.1) is 20.8 Å². The van der Waals surface area contributed by atoms with Gasteiger partial charge in [-0.15, -0.1) is 0 Å². The highest BCUT2D eigenvalue weighted by Gasteiger charge is 2.04. The number of hydrogen-bond acceptors (Lipinski definition) is 4. The minimum atomic E-state index is 0.427. The Labute approximate surface area is 128 Å². The summed E-state index contributed by atoms with van der Waals surface area (Å²) in [6.45, 7) is 1.17. The molecule has 0 atom stereocenters. The summed E-state index contributed by atoms with van der Waals surface area (Å²) in [7, 11) is 3.23. The summed E-state index contributed by atoms with van der Waals surface area (Å²) in [5.41, 5.74) is 8.06. The maximum absolute atomic E-state index is 5.85. The van der Waals surface area contributed by atoms with Crippen molar-refractivity contribution < 1.29 is 9.47 Å². The second-order valence-electron chi connectivity index (χ2n) is 4.38. The molecule has 0 aliphatic heterocycles. The first-order chi connectivity index (χ1) is 10.2. The Hall–Kier alpha value is -2.21. The Morgan fingerprint density at radius 2 is 2.00 bits per heavy atom. The molecule has 0 radical (unpaired) electrons. The Morgan fingerprint density at radius 1 is 1.19 bits per heavy atom. The van der Waals surface area contributed by atoms with Gasteiger partial charge >= 0.3 is 0 Å². The van der Waals surface area contributed by atoms with Gasteiger partial charge in [0, 0.05) is 6.54 Å². The molecule has 0 unspecified atom stereocenters. The van der Waals surface area contributed by atoms with Crippen molar-refractivity contribution in [2.75, 3.05) is 14.2 Å². The van der Waals surface area contributed by atoms with Gasteiger partial charge in [-0.3, -0.25) is 0 Å². The van der Waals surface area contributed by atoms with Crippen LogP contribution in [0, 0.1) is 0 Å². The minimum absolute atomic E-state index is 0.427. The smallest absolute Gasteiger partial charge is 0.189 e. The highest BCUT2D eigenvalue weighted by Crippen LogP contribution is 2.27. The van der Waals surface area contributed by atoms with Gasteiger partial charge in [-0.2, -0.15) is 11.3 Å². The Morgan fingerprint density at radius 3 is 2.67 bits per heavy atom. The van der Waals surface area contributed by atoms with Crippen molar-refractivity contribution in [1.82, 2.24) is 5.32 Å². The molecule has 0 fully saturated rings. The van der Waals surface area contributed by atoms with Crippen molar-refractivity contribution in [2.24, 2.45) is 10.7 Å². The third kappa shape index (κ3) is 4.39. The van der Waals surface area contributed by atoms with Crippen LogP contribution in [0.1, 0.15) is 11.1 Å². The highest BCUT2D eigenvalue weighted by atomic mass is 32.1. The average molecular weight is 305 g/mol. The summed E-state index contributed by atoms with van der Waals surface area (Å²) in [6.07, 6.45) is 0. The van der Waals surface area contributed by atoms with E-state index in [4.69, 9.17) is 15.2 Å². The SMILES string of the molecule is COc1ccc(CNC(N)=NCc2ccsc2)cc1OC. The van der Waals surface area contributed by atoms with Crippen LogP contribution in [0.25, 0.3) is 0 Å². The van der Waals surface area contributed by atoms with E-state index in [2.05, 4.69) is 15.7 Å². The second kappa shape index (κ2) is 7.54. The molecule has 0 bridgehead atoms. The monoisotopic (exact) mass is 305 g/mol. The van der Waals surface area contributed by atoms with E-state index in [1.54, 1.807) is 25.6 Å². The number of thiophene rings is 1. The molecule has 2 rings (SSSR count). The number of ether oxygens (including phenoxy) is 2. The van der Waals surface area contributed by atoms with Crippen LogP contribution in [0.3, 0.4) is 0 Å². The number of methoxy groups -OCH3 is 2. The van der Waals surface area contributed by atoms with E-state index in [0.717, 1.165) is 11.1 Å². The van der Waals surface area contributed by atoms with Gasteiger partial charge in [0.1, 0.15) is 0 Å². The van der Waals surface area contributed by atoms with Gasteiger partial charge in [0.25, 0.3) is 0 Å². The molecule has 0 amide bonds. The summed E-state index contributed by atoms with van der Waals surface area (Å²) in [6, 6.07) is 7.78. The number of benzene rings is 1. The molecule has 1 heterocycles. The van der Waals surface area contributed by atoms with Gasteiger partial charge in [0.2, 0.25) is 0 Å². The van der Waals surface area contributed by atoms with Crippen LogP contribution in [0.15, 0.2) is 40.0 Å². The van der Waals surface area contributed by atoms with Crippen molar-refractivity contribution in [2.45, 2.75) is 13.1 Å². The summed E-state index contributed by atoms with van der Waals surface area (Å²) >= 11 is 1.65. The minimum Gasteiger partial charge on any atom is -0.493 e. The maximum Gasteiger partial charge on any atom is 0.189 e. The molecule has 0 saturated carbocycles. The molecule has 0 spiro atoms. The fraction of sp³-hybridized carbons (Fsp3) is 0.267. The first kappa shape index (κ1) is 15.2. The van der Waals surface area contributed by atoms with Gasteiger partial charge < -0.3 is 20.5 Å². The van der Waals surface area contributed by atoms with E-state index in [1.807, 2.05) is 29.6 Å². The summed E-state index contributed by atoms with van der Waals surface area (Å²) in [5, 5.41) is 7.17. The molecule has 2 aromatic rings. The van der Waals surface area contributed by atoms with Crippen LogP contribution < -0.4 is 20.5 Å². The maximum atomic E-state index is 5.85. The zero-order valence-corrected chi connectivity index (χ0v) is 12.9. The van der Waals surface area contributed by atoms with Gasteiger partial charge in [-0.05, 0) is 40.1 Å². The van der Waals surface area contributed by atoms with E-state index < -0.39 is 0 Å². The van der Waals surface area contributed by atoms with E-state index in [-0.39, 0.29) is 0 Å². The van der Waals surface area contributed by atoms with E-state index in [0.29, 0.717) is 30.5 Å². The summed E-state index contributed by atoms with van der Waals surface area (Å²) in [5.74, 6) is 1.84. The van der Waals surface area contributed by atoms with Gasteiger partial charge in [-0.1, -0.05) is 6.07 Å². The number of rotatable bonds is 6. The van der Waals surface area contributed by atoms with Crippen LogP contribution in [0.5, 0.6) is 11.5 Å². The van der Waals surface area contributed by atoms with E-state index in [9.17, 15) is 0 Å². The molecule has 0 aliphatic rings. The van der Waals surface area contributed by atoms with Crippen molar-refractivity contribution >= 4 is 17.3 Å². The molecule has 5 nitrogen and oxygen atoms in total. The second-order valence-corrected chi connectivity index (χ2v) is 5.16. The zero-order valence-electron chi connectivity index (χ0n) is 12.1.